The van der Waals surface area contributed by atoms with Gasteiger partial charge in [0.1, 0.15) is 4.60 Å². The molecule has 0 aromatic carbocycles. The van der Waals surface area contributed by atoms with Crippen molar-refractivity contribution in [2.45, 2.75) is 6.92 Å². The van der Waals surface area contributed by atoms with E-state index in [-0.39, 0.29) is 6.61 Å². The maximum atomic E-state index is 11.3. The van der Waals surface area contributed by atoms with Gasteiger partial charge < -0.3 is 15.2 Å². The molecule has 0 aliphatic rings. The van der Waals surface area contributed by atoms with Crippen LogP contribution in [0.25, 0.3) is 5.57 Å². The number of carbonyl (C=O) groups is 1. The van der Waals surface area contributed by atoms with Crippen LogP contribution in [0.3, 0.4) is 0 Å². The molecule has 0 spiro atoms. The number of hydrogen-bond acceptors (Lipinski definition) is 6. The predicted molar refractivity (Wildman–Crippen MR) is 85.7 cm³/mol. The maximum Gasteiger partial charge on any atom is 0.344 e. The van der Waals surface area contributed by atoms with Crippen molar-refractivity contribution in [1.29, 1.82) is 0 Å². The first-order chi connectivity index (χ1) is 10.0. The van der Waals surface area contributed by atoms with Gasteiger partial charge in [-0.3, -0.25) is 4.99 Å². The summed E-state index contributed by atoms with van der Waals surface area (Å²) in [6.45, 7) is 1.79. The Morgan fingerprint density at radius 1 is 1.62 bits per heavy atom. The molecule has 1 heterocycles. The van der Waals surface area contributed by atoms with Crippen LogP contribution in [0.5, 0.6) is 5.75 Å². The molecule has 1 rings (SSSR count). The fourth-order valence-electron chi connectivity index (χ4n) is 1.41. The zero-order valence-electron chi connectivity index (χ0n) is 11.6. The highest BCUT2D eigenvalue weighted by atomic mass is 79.9. The molecule has 6 nitrogen and oxygen atoms in total. The summed E-state index contributed by atoms with van der Waals surface area (Å²) in [4.78, 5) is 19.4. The molecule has 0 radical (unpaired) electrons. The quantitative estimate of drug-likeness (QED) is 0.468. The zero-order valence-corrected chi connectivity index (χ0v) is 13.9. The van der Waals surface area contributed by atoms with Gasteiger partial charge in [-0.1, -0.05) is 11.6 Å². The van der Waals surface area contributed by atoms with Crippen molar-refractivity contribution in [3.8, 4) is 5.75 Å². The molecule has 0 bridgehead atoms. The van der Waals surface area contributed by atoms with Crippen molar-refractivity contribution >= 4 is 45.3 Å². The van der Waals surface area contributed by atoms with Crippen LogP contribution < -0.4 is 10.5 Å². The summed E-state index contributed by atoms with van der Waals surface area (Å²) >= 11 is 9.41. The molecule has 0 amide bonds. The van der Waals surface area contributed by atoms with E-state index in [1.54, 1.807) is 26.3 Å². The number of hydrogen-bond donors (Lipinski definition) is 1. The van der Waals surface area contributed by atoms with E-state index in [1.165, 1.54) is 6.20 Å². The van der Waals surface area contributed by atoms with Crippen LogP contribution in [-0.4, -0.2) is 37.4 Å². The Balaban J connectivity index is 2.97. The third-order valence-electron chi connectivity index (χ3n) is 2.27. The van der Waals surface area contributed by atoms with Gasteiger partial charge in [-0.2, -0.15) is 0 Å². The second-order valence-electron chi connectivity index (χ2n) is 3.71. The van der Waals surface area contributed by atoms with Crippen molar-refractivity contribution in [3.05, 3.63) is 27.6 Å². The van der Waals surface area contributed by atoms with Crippen LogP contribution in [0.2, 0.25) is 5.02 Å². The lowest BCUT2D eigenvalue weighted by molar-refractivity contribution is -0.145. The van der Waals surface area contributed by atoms with Gasteiger partial charge in [0.15, 0.2) is 12.4 Å². The molecule has 2 N–H and O–H groups in total. The summed E-state index contributed by atoms with van der Waals surface area (Å²) in [6.07, 6.45) is 2.90. The smallest absolute Gasteiger partial charge is 0.344 e. The molecule has 21 heavy (non-hydrogen) atoms. The minimum atomic E-state index is -0.467. The maximum absolute atomic E-state index is 11.3. The number of halogens is 2. The van der Waals surface area contributed by atoms with E-state index in [2.05, 4.69) is 25.9 Å². The summed E-state index contributed by atoms with van der Waals surface area (Å²) < 4.78 is 10.5. The molecule has 1 aromatic rings. The first-order valence-electron chi connectivity index (χ1n) is 6.02. The molecular formula is C13H15BrClN3O3. The highest BCUT2D eigenvalue weighted by Crippen LogP contribution is 2.31. The average Bonchev–Trinajstić information content (AvgIpc) is 2.46. The molecule has 0 unspecified atom stereocenters. The van der Waals surface area contributed by atoms with Gasteiger partial charge in [0.05, 0.1) is 17.3 Å². The number of rotatable bonds is 6. The first-order valence-corrected chi connectivity index (χ1v) is 7.19. The Kier molecular flexibility index (Phi) is 7.18. The van der Waals surface area contributed by atoms with Crippen molar-refractivity contribution in [1.82, 2.24) is 4.98 Å². The van der Waals surface area contributed by atoms with Gasteiger partial charge in [-0.15, -0.1) is 0 Å². The minimum absolute atomic E-state index is 0.222. The van der Waals surface area contributed by atoms with E-state index in [1.807, 2.05) is 0 Å². The summed E-state index contributed by atoms with van der Waals surface area (Å²) in [5.74, 6) is -0.133. The number of carbonyl (C=O) groups excluding carboxylic acids is 1. The van der Waals surface area contributed by atoms with E-state index in [9.17, 15) is 4.79 Å². The number of aliphatic imine (C=N–C) groups is 1. The highest BCUT2D eigenvalue weighted by molar-refractivity contribution is 9.10. The second-order valence-corrected chi connectivity index (χ2v) is 4.87. The third-order valence-corrected chi connectivity index (χ3v) is 3.13. The number of nitrogens with two attached hydrogens (primary N) is 1. The van der Waals surface area contributed by atoms with Crippen molar-refractivity contribution in [2.24, 2.45) is 10.7 Å². The van der Waals surface area contributed by atoms with Crippen molar-refractivity contribution < 1.29 is 14.3 Å². The van der Waals surface area contributed by atoms with Crippen LogP contribution in [0.15, 0.2) is 21.9 Å². The molecule has 0 saturated carbocycles. The zero-order chi connectivity index (χ0) is 15.8. The Morgan fingerprint density at radius 2 is 2.33 bits per heavy atom. The standard InChI is InChI=1S/C13H15BrClN3O3/c1-3-20-11(19)7-21-10-4-9(15)12(18-13(10)14)8(5-16)6-17-2/h4-6H,3,7,16H2,1-2H3/b8-5+,17-6?. The van der Waals surface area contributed by atoms with Crippen molar-refractivity contribution in [3.63, 3.8) is 0 Å². The summed E-state index contributed by atoms with van der Waals surface area (Å²) in [6, 6.07) is 1.54. The molecule has 114 valence electrons. The Morgan fingerprint density at radius 3 is 2.90 bits per heavy atom. The molecule has 1 aromatic heterocycles. The molecule has 0 atom stereocenters. The van der Waals surface area contributed by atoms with Gasteiger partial charge in [0.2, 0.25) is 0 Å². The normalized spacial score (nSPS) is 11.7. The monoisotopic (exact) mass is 375 g/mol. The molecule has 0 aliphatic carbocycles. The van der Waals surface area contributed by atoms with Gasteiger partial charge in [0.25, 0.3) is 0 Å². The van der Waals surface area contributed by atoms with E-state index in [0.29, 0.717) is 33.2 Å². The fraction of sp³-hybridized carbons (Fsp3) is 0.308. The summed E-state index contributed by atoms with van der Waals surface area (Å²) in [7, 11) is 1.61. The van der Waals surface area contributed by atoms with Crippen LogP contribution >= 0.6 is 27.5 Å². The fourth-order valence-corrected chi connectivity index (χ4v) is 2.07. The lowest BCUT2D eigenvalue weighted by Gasteiger charge is -2.10. The third kappa shape index (κ3) is 5.02. The van der Waals surface area contributed by atoms with Crippen LogP contribution in [0.1, 0.15) is 12.6 Å². The lowest BCUT2D eigenvalue weighted by Crippen LogP contribution is -2.15. The Hall–Kier alpha value is -1.60. The molecular weight excluding hydrogens is 362 g/mol. The minimum Gasteiger partial charge on any atom is -0.479 e. The van der Waals surface area contributed by atoms with E-state index in [4.69, 9.17) is 26.8 Å². The van der Waals surface area contributed by atoms with Gasteiger partial charge >= 0.3 is 5.97 Å². The number of allylic oxidation sites excluding steroid dienone is 1. The number of nitrogens with zero attached hydrogens (tertiary/aromatic N) is 2. The average molecular weight is 377 g/mol. The van der Waals surface area contributed by atoms with E-state index < -0.39 is 5.97 Å². The number of aromatic nitrogens is 1. The Bertz CT molecular complexity index is 576. The van der Waals surface area contributed by atoms with Gasteiger partial charge in [-0.05, 0) is 22.9 Å². The SMILES string of the molecule is CCOC(=O)COc1cc(Cl)c(/C(C=NC)=C/N)nc1Br. The summed E-state index contributed by atoms with van der Waals surface area (Å²) in [5, 5.41) is 0.327. The highest BCUT2D eigenvalue weighted by Gasteiger charge is 2.14. The second kappa shape index (κ2) is 8.63. The summed E-state index contributed by atoms with van der Waals surface area (Å²) in [5.41, 5.74) is 6.55. The predicted octanol–water partition coefficient (Wildman–Crippen LogP) is 2.44. The number of esters is 1. The number of pyridine rings is 1. The van der Waals surface area contributed by atoms with Gasteiger partial charge in [0, 0.05) is 31.1 Å². The van der Waals surface area contributed by atoms with Gasteiger partial charge in [-0.25, -0.2) is 9.78 Å². The lowest BCUT2D eigenvalue weighted by atomic mass is 10.2. The molecule has 0 fully saturated rings. The molecule has 0 aliphatic heterocycles. The largest absolute Gasteiger partial charge is 0.479 e. The van der Waals surface area contributed by atoms with E-state index in [0.717, 1.165) is 0 Å². The topological polar surface area (TPSA) is 86.8 Å². The Labute approximate surface area is 136 Å². The molecule has 0 saturated heterocycles. The van der Waals surface area contributed by atoms with Crippen molar-refractivity contribution in [2.75, 3.05) is 20.3 Å². The first kappa shape index (κ1) is 17.5. The van der Waals surface area contributed by atoms with Crippen LogP contribution in [0, 0.1) is 0 Å². The van der Waals surface area contributed by atoms with Crippen LogP contribution in [0.4, 0.5) is 0 Å². The van der Waals surface area contributed by atoms with E-state index >= 15 is 0 Å². The number of ether oxygens (including phenoxy) is 2. The molecule has 8 heteroatoms. The van der Waals surface area contributed by atoms with Crippen LogP contribution in [-0.2, 0) is 9.53 Å².